The third-order valence-electron chi connectivity index (χ3n) is 3.48. The molecule has 0 radical (unpaired) electrons. The summed E-state index contributed by atoms with van der Waals surface area (Å²) in [5.41, 5.74) is 5.40. The standard InChI is InChI=1S/C15H17NO7/c16-15(21)22-7-9(8-4-2-1-3-5-8)11-12(19)13(10(18)6-17)23-14(11)20/h1-5,9-10,13,17-19H,6-7H2,(H2,16,21). The summed E-state index contributed by atoms with van der Waals surface area (Å²) in [5, 5.41) is 28.8. The van der Waals surface area contributed by atoms with Gasteiger partial charge in [-0.15, -0.1) is 0 Å². The Bertz CT molecular complexity index is 614. The first-order chi connectivity index (χ1) is 11.0. The fourth-order valence-corrected chi connectivity index (χ4v) is 2.37. The maximum absolute atomic E-state index is 12.1. The number of carbonyl (C=O) groups excluding carboxylic acids is 2. The largest absolute Gasteiger partial charge is 0.508 e. The van der Waals surface area contributed by atoms with Crippen LogP contribution in [0.4, 0.5) is 4.79 Å². The van der Waals surface area contributed by atoms with E-state index in [4.69, 9.17) is 20.3 Å². The zero-order valence-electron chi connectivity index (χ0n) is 12.1. The van der Waals surface area contributed by atoms with E-state index in [1.54, 1.807) is 30.3 Å². The predicted octanol–water partition coefficient (Wildman–Crippen LogP) is -0.0438. The molecule has 0 spiro atoms. The van der Waals surface area contributed by atoms with Crippen LogP contribution in [0.5, 0.6) is 0 Å². The van der Waals surface area contributed by atoms with E-state index in [-0.39, 0.29) is 12.2 Å². The zero-order valence-corrected chi connectivity index (χ0v) is 12.1. The molecule has 0 fully saturated rings. The summed E-state index contributed by atoms with van der Waals surface area (Å²) in [6.07, 6.45) is -3.84. The first-order valence-electron chi connectivity index (χ1n) is 6.85. The molecule has 124 valence electrons. The number of aliphatic hydroxyl groups is 3. The third-order valence-corrected chi connectivity index (χ3v) is 3.48. The maximum atomic E-state index is 12.1. The first kappa shape index (κ1) is 16.8. The van der Waals surface area contributed by atoms with E-state index in [9.17, 15) is 19.8 Å². The lowest BCUT2D eigenvalue weighted by atomic mass is 9.90. The molecule has 3 atom stereocenters. The second kappa shape index (κ2) is 7.12. The number of rotatable bonds is 6. The highest BCUT2D eigenvalue weighted by Gasteiger charge is 2.42. The van der Waals surface area contributed by atoms with Crippen molar-refractivity contribution in [1.29, 1.82) is 0 Å². The van der Waals surface area contributed by atoms with Crippen LogP contribution in [-0.4, -0.2) is 52.8 Å². The molecule has 0 saturated heterocycles. The van der Waals surface area contributed by atoms with Gasteiger partial charge in [-0.25, -0.2) is 9.59 Å². The van der Waals surface area contributed by atoms with E-state index in [1.165, 1.54) is 0 Å². The van der Waals surface area contributed by atoms with Crippen molar-refractivity contribution >= 4 is 12.1 Å². The molecule has 1 heterocycles. The summed E-state index contributed by atoms with van der Waals surface area (Å²) in [6.45, 7) is -0.973. The Morgan fingerprint density at radius 2 is 2.00 bits per heavy atom. The van der Waals surface area contributed by atoms with Crippen LogP contribution in [0.15, 0.2) is 41.7 Å². The molecule has 0 bridgehead atoms. The summed E-state index contributed by atoms with van der Waals surface area (Å²) >= 11 is 0. The minimum Gasteiger partial charge on any atom is -0.508 e. The number of carbonyl (C=O) groups is 2. The van der Waals surface area contributed by atoms with E-state index >= 15 is 0 Å². The summed E-state index contributed by atoms with van der Waals surface area (Å²) in [6, 6.07) is 8.54. The second-order valence-electron chi connectivity index (χ2n) is 4.97. The van der Waals surface area contributed by atoms with Crippen molar-refractivity contribution < 1.29 is 34.4 Å². The van der Waals surface area contributed by atoms with E-state index in [0.717, 1.165) is 0 Å². The van der Waals surface area contributed by atoms with Crippen molar-refractivity contribution in [3.05, 3.63) is 47.2 Å². The number of nitrogens with two attached hydrogens (primary N) is 1. The molecule has 0 aliphatic carbocycles. The quantitative estimate of drug-likeness (QED) is 0.538. The SMILES string of the molecule is NC(=O)OCC(C1=C(O)C(C(O)CO)OC1=O)c1ccccc1. The van der Waals surface area contributed by atoms with Crippen molar-refractivity contribution in [3.63, 3.8) is 0 Å². The monoisotopic (exact) mass is 323 g/mol. The summed E-state index contributed by atoms with van der Waals surface area (Å²) in [4.78, 5) is 22.9. The van der Waals surface area contributed by atoms with Gasteiger partial charge < -0.3 is 30.5 Å². The van der Waals surface area contributed by atoms with Crippen molar-refractivity contribution in [2.24, 2.45) is 5.73 Å². The summed E-state index contributed by atoms with van der Waals surface area (Å²) < 4.78 is 9.67. The number of ether oxygens (including phenoxy) is 2. The minimum absolute atomic E-state index is 0.144. The highest BCUT2D eigenvalue weighted by atomic mass is 16.6. The number of primary amides is 1. The zero-order chi connectivity index (χ0) is 17.0. The molecule has 0 saturated carbocycles. The van der Waals surface area contributed by atoms with Gasteiger partial charge in [-0.05, 0) is 5.56 Å². The molecule has 1 aliphatic rings. The molecule has 23 heavy (non-hydrogen) atoms. The molecule has 3 unspecified atom stereocenters. The smallest absolute Gasteiger partial charge is 0.404 e. The predicted molar refractivity (Wildman–Crippen MR) is 77.3 cm³/mol. The Hall–Kier alpha value is -2.58. The molecular weight excluding hydrogens is 306 g/mol. The van der Waals surface area contributed by atoms with Crippen molar-refractivity contribution in [1.82, 2.24) is 0 Å². The average Bonchev–Trinajstić information content (AvgIpc) is 2.83. The van der Waals surface area contributed by atoms with Crippen molar-refractivity contribution in [3.8, 4) is 0 Å². The van der Waals surface area contributed by atoms with Crippen LogP contribution in [0.25, 0.3) is 0 Å². The Morgan fingerprint density at radius 1 is 1.35 bits per heavy atom. The lowest BCUT2D eigenvalue weighted by Gasteiger charge is -2.17. The number of benzene rings is 1. The third kappa shape index (κ3) is 3.61. The molecule has 1 aromatic carbocycles. The Balaban J connectivity index is 2.39. The number of cyclic esters (lactones) is 1. The second-order valence-corrected chi connectivity index (χ2v) is 4.97. The maximum Gasteiger partial charge on any atom is 0.404 e. The van der Waals surface area contributed by atoms with Gasteiger partial charge in [0.05, 0.1) is 18.1 Å². The minimum atomic E-state index is -1.45. The van der Waals surface area contributed by atoms with Gasteiger partial charge in [-0.3, -0.25) is 0 Å². The van der Waals surface area contributed by atoms with Gasteiger partial charge in [-0.2, -0.15) is 0 Å². The molecule has 8 nitrogen and oxygen atoms in total. The molecule has 2 rings (SSSR count). The summed E-state index contributed by atoms with van der Waals surface area (Å²) in [7, 11) is 0. The van der Waals surface area contributed by atoms with Crippen LogP contribution in [0, 0.1) is 0 Å². The van der Waals surface area contributed by atoms with Gasteiger partial charge in [-0.1, -0.05) is 30.3 Å². The number of esters is 1. The average molecular weight is 323 g/mol. The van der Waals surface area contributed by atoms with E-state index in [1.807, 2.05) is 0 Å². The topological polar surface area (TPSA) is 139 Å². The lowest BCUT2D eigenvalue weighted by Crippen LogP contribution is -2.31. The fourth-order valence-electron chi connectivity index (χ4n) is 2.37. The van der Waals surface area contributed by atoms with Crippen LogP contribution >= 0.6 is 0 Å². The molecular formula is C15H17NO7. The fraction of sp³-hybridized carbons (Fsp3) is 0.333. The van der Waals surface area contributed by atoms with Gasteiger partial charge in [0.2, 0.25) is 0 Å². The number of hydrogen-bond donors (Lipinski definition) is 4. The Morgan fingerprint density at radius 3 is 2.57 bits per heavy atom. The van der Waals surface area contributed by atoms with E-state index in [0.29, 0.717) is 5.56 Å². The molecule has 1 amide bonds. The van der Waals surface area contributed by atoms with Crippen LogP contribution in [0.1, 0.15) is 11.5 Å². The van der Waals surface area contributed by atoms with Gasteiger partial charge in [0.25, 0.3) is 0 Å². The number of aliphatic hydroxyl groups excluding tert-OH is 3. The normalized spacial score (nSPS) is 20.1. The Labute approximate surface area is 131 Å². The van der Waals surface area contributed by atoms with Crippen molar-refractivity contribution in [2.75, 3.05) is 13.2 Å². The number of amides is 1. The van der Waals surface area contributed by atoms with Crippen molar-refractivity contribution in [2.45, 2.75) is 18.1 Å². The van der Waals surface area contributed by atoms with Gasteiger partial charge in [0.1, 0.15) is 18.5 Å². The Kier molecular flexibility index (Phi) is 5.20. The lowest BCUT2D eigenvalue weighted by molar-refractivity contribution is -0.146. The molecule has 8 heteroatoms. The van der Waals surface area contributed by atoms with Crippen LogP contribution in [-0.2, 0) is 14.3 Å². The molecule has 0 aromatic heterocycles. The molecule has 1 aliphatic heterocycles. The first-order valence-corrected chi connectivity index (χ1v) is 6.85. The highest BCUT2D eigenvalue weighted by Crippen LogP contribution is 2.34. The summed E-state index contributed by atoms with van der Waals surface area (Å²) in [5.74, 6) is -2.17. The van der Waals surface area contributed by atoms with Gasteiger partial charge in [0.15, 0.2) is 6.10 Å². The van der Waals surface area contributed by atoms with Gasteiger partial charge in [0, 0.05) is 0 Å². The number of hydrogen-bond acceptors (Lipinski definition) is 7. The highest BCUT2D eigenvalue weighted by molar-refractivity contribution is 5.93. The van der Waals surface area contributed by atoms with Crippen LogP contribution in [0.2, 0.25) is 0 Å². The van der Waals surface area contributed by atoms with Gasteiger partial charge >= 0.3 is 12.1 Å². The molecule has 1 aromatic rings. The van der Waals surface area contributed by atoms with E-state index in [2.05, 4.69) is 0 Å². The van der Waals surface area contributed by atoms with E-state index < -0.39 is 42.6 Å². The van der Waals surface area contributed by atoms with Crippen LogP contribution in [0.3, 0.4) is 0 Å². The van der Waals surface area contributed by atoms with Crippen LogP contribution < -0.4 is 5.73 Å². The molecule has 5 N–H and O–H groups in total.